The number of hydrogen-bond acceptors (Lipinski definition) is 1. The van der Waals surface area contributed by atoms with Crippen LogP contribution in [-0.4, -0.2) is 6.54 Å². The van der Waals surface area contributed by atoms with E-state index in [9.17, 15) is 0 Å². The first-order chi connectivity index (χ1) is 9.19. The first-order valence-corrected chi connectivity index (χ1v) is 7.54. The van der Waals surface area contributed by atoms with Crippen molar-refractivity contribution in [1.82, 2.24) is 0 Å². The van der Waals surface area contributed by atoms with Crippen molar-refractivity contribution in [1.29, 1.82) is 0 Å². The van der Waals surface area contributed by atoms with Gasteiger partial charge in [0.2, 0.25) is 0 Å². The van der Waals surface area contributed by atoms with Gasteiger partial charge in [0.25, 0.3) is 0 Å². The highest BCUT2D eigenvalue weighted by molar-refractivity contribution is 9.10. The first kappa shape index (κ1) is 14.6. The van der Waals surface area contributed by atoms with E-state index in [1.54, 1.807) is 0 Å². The Morgan fingerprint density at radius 3 is 2.53 bits per heavy atom. The summed E-state index contributed by atoms with van der Waals surface area (Å²) in [5.74, 6) is 0.411. The Bertz CT molecular complexity index is 542. The molecule has 0 heterocycles. The third-order valence-corrected chi connectivity index (χ3v) is 4.08. The lowest BCUT2D eigenvalue weighted by molar-refractivity contribution is 0.533. The minimum Gasteiger partial charge on any atom is -0.330 e. The predicted molar refractivity (Wildman–Crippen MR) is 85.5 cm³/mol. The Morgan fingerprint density at radius 1 is 1.05 bits per heavy atom. The summed E-state index contributed by atoms with van der Waals surface area (Å²) in [6.07, 6.45) is 1.89. The molecular formula is C16H17BrClN. The summed E-state index contributed by atoms with van der Waals surface area (Å²) < 4.78 is 1.11. The molecule has 2 N–H and O–H groups in total. The highest BCUT2D eigenvalue weighted by Gasteiger charge is 2.11. The van der Waals surface area contributed by atoms with Gasteiger partial charge in [-0.3, -0.25) is 0 Å². The van der Waals surface area contributed by atoms with E-state index in [-0.39, 0.29) is 0 Å². The number of nitrogens with two attached hydrogens (primary N) is 1. The zero-order valence-corrected chi connectivity index (χ0v) is 13.0. The van der Waals surface area contributed by atoms with E-state index < -0.39 is 0 Å². The molecule has 0 fully saturated rings. The molecule has 1 unspecified atom stereocenters. The van der Waals surface area contributed by atoms with Gasteiger partial charge in [-0.2, -0.15) is 0 Å². The zero-order valence-electron chi connectivity index (χ0n) is 10.7. The van der Waals surface area contributed by atoms with Crippen LogP contribution in [0.2, 0.25) is 5.02 Å². The fourth-order valence-corrected chi connectivity index (χ4v) is 2.87. The fraction of sp³-hybridized carbons (Fsp3) is 0.250. The lowest BCUT2D eigenvalue weighted by Crippen LogP contribution is -2.19. The van der Waals surface area contributed by atoms with E-state index in [0.29, 0.717) is 12.5 Å². The maximum Gasteiger partial charge on any atom is 0.0438 e. The average molecular weight is 339 g/mol. The second-order valence-electron chi connectivity index (χ2n) is 4.73. The smallest absolute Gasteiger partial charge is 0.0438 e. The largest absolute Gasteiger partial charge is 0.330 e. The molecule has 0 saturated heterocycles. The monoisotopic (exact) mass is 337 g/mol. The summed E-state index contributed by atoms with van der Waals surface area (Å²) in [5.41, 5.74) is 8.38. The minimum absolute atomic E-state index is 0.411. The maximum atomic E-state index is 6.21. The van der Waals surface area contributed by atoms with Gasteiger partial charge >= 0.3 is 0 Å². The summed E-state index contributed by atoms with van der Waals surface area (Å²) >= 11 is 9.71. The highest BCUT2D eigenvalue weighted by Crippen LogP contribution is 2.21. The van der Waals surface area contributed by atoms with Crippen LogP contribution in [0, 0.1) is 5.92 Å². The summed E-state index contributed by atoms with van der Waals surface area (Å²) in [6.45, 7) is 0.664. The van der Waals surface area contributed by atoms with Crippen molar-refractivity contribution in [2.24, 2.45) is 11.7 Å². The lowest BCUT2D eigenvalue weighted by atomic mass is 9.93. The standard InChI is InChI=1S/C16H17BrClN/c17-15-6-3-4-12(10-15)8-13(11-19)9-14-5-1-2-7-16(14)18/h1-7,10,13H,8-9,11,19H2. The van der Waals surface area contributed by atoms with Crippen molar-refractivity contribution in [3.8, 4) is 0 Å². The van der Waals surface area contributed by atoms with E-state index in [0.717, 1.165) is 22.3 Å². The van der Waals surface area contributed by atoms with Gasteiger partial charge in [0, 0.05) is 9.50 Å². The molecule has 2 rings (SSSR count). The van der Waals surface area contributed by atoms with Gasteiger partial charge in [0.1, 0.15) is 0 Å². The molecule has 1 atom stereocenters. The summed E-state index contributed by atoms with van der Waals surface area (Å²) in [7, 11) is 0. The Balaban J connectivity index is 2.07. The molecule has 3 heteroatoms. The topological polar surface area (TPSA) is 26.0 Å². The van der Waals surface area contributed by atoms with Crippen LogP contribution >= 0.6 is 27.5 Å². The molecule has 0 bridgehead atoms. The van der Waals surface area contributed by atoms with Crippen molar-refractivity contribution in [2.75, 3.05) is 6.54 Å². The molecule has 0 radical (unpaired) electrons. The Kier molecular flexibility index (Phi) is 5.44. The van der Waals surface area contributed by atoms with Crippen LogP contribution in [-0.2, 0) is 12.8 Å². The van der Waals surface area contributed by atoms with Crippen LogP contribution in [0.15, 0.2) is 53.0 Å². The van der Waals surface area contributed by atoms with Gasteiger partial charge in [0.15, 0.2) is 0 Å². The fourth-order valence-electron chi connectivity index (χ4n) is 2.21. The third kappa shape index (κ3) is 4.34. The van der Waals surface area contributed by atoms with Gasteiger partial charge in [-0.05, 0) is 54.6 Å². The molecule has 0 aromatic heterocycles. The molecule has 0 aliphatic heterocycles. The molecule has 2 aromatic rings. The van der Waals surface area contributed by atoms with Gasteiger partial charge in [-0.25, -0.2) is 0 Å². The molecule has 0 saturated carbocycles. The Hall–Kier alpha value is -0.830. The molecule has 2 aromatic carbocycles. The van der Waals surface area contributed by atoms with Crippen molar-refractivity contribution in [3.05, 3.63) is 69.2 Å². The molecule has 100 valence electrons. The van der Waals surface area contributed by atoms with Gasteiger partial charge in [-0.15, -0.1) is 0 Å². The molecule has 0 aliphatic rings. The summed E-state index contributed by atoms with van der Waals surface area (Å²) in [5, 5.41) is 0.829. The van der Waals surface area contributed by atoms with E-state index in [1.807, 2.05) is 24.3 Å². The van der Waals surface area contributed by atoms with Gasteiger partial charge in [-0.1, -0.05) is 57.9 Å². The second kappa shape index (κ2) is 7.09. The van der Waals surface area contributed by atoms with Crippen LogP contribution in [0.5, 0.6) is 0 Å². The van der Waals surface area contributed by atoms with E-state index in [2.05, 4.69) is 40.2 Å². The van der Waals surface area contributed by atoms with Gasteiger partial charge < -0.3 is 5.73 Å². The quantitative estimate of drug-likeness (QED) is 0.855. The predicted octanol–water partition coefficient (Wildman–Crippen LogP) is 4.46. The van der Waals surface area contributed by atoms with Crippen molar-refractivity contribution < 1.29 is 0 Å². The van der Waals surface area contributed by atoms with Crippen molar-refractivity contribution in [3.63, 3.8) is 0 Å². The van der Waals surface area contributed by atoms with Crippen LogP contribution in [0.3, 0.4) is 0 Å². The van der Waals surface area contributed by atoms with Crippen molar-refractivity contribution in [2.45, 2.75) is 12.8 Å². The molecule has 19 heavy (non-hydrogen) atoms. The van der Waals surface area contributed by atoms with Crippen molar-refractivity contribution >= 4 is 27.5 Å². The first-order valence-electron chi connectivity index (χ1n) is 6.37. The highest BCUT2D eigenvalue weighted by atomic mass is 79.9. The molecule has 0 aliphatic carbocycles. The Labute approximate surface area is 127 Å². The van der Waals surface area contributed by atoms with Gasteiger partial charge in [0.05, 0.1) is 0 Å². The maximum absolute atomic E-state index is 6.21. The second-order valence-corrected chi connectivity index (χ2v) is 6.05. The Morgan fingerprint density at radius 2 is 1.84 bits per heavy atom. The lowest BCUT2D eigenvalue weighted by Gasteiger charge is -2.16. The van der Waals surface area contributed by atoms with Crippen LogP contribution in [0.4, 0.5) is 0 Å². The SMILES string of the molecule is NCC(Cc1cccc(Br)c1)Cc1ccccc1Cl. The number of rotatable bonds is 5. The molecule has 1 nitrogen and oxygen atoms in total. The molecule has 0 spiro atoms. The van der Waals surface area contributed by atoms with E-state index in [4.69, 9.17) is 17.3 Å². The zero-order chi connectivity index (χ0) is 13.7. The third-order valence-electron chi connectivity index (χ3n) is 3.21. The van der Waals surface area contributed by atoms with Crippen LogP contribution in [0.25, 0.3) is 0 Å². The van der Waals surface area contributed by atoms with Crippen LogP contribution < -0.4 is 5.73 Å². The number of halogens is 2. The average Bonchev–Trinajstić information content (AvgIpc) is 2.40. The summed E-state index contributed by atoms with van der Waals surface area (Å²) in [4.78, 5) is 0. The normalized spacial score (nSPS) is 12.4. The number of hydrogen-bond donors (Lipinski definition) is 1. The number of benzene rings is 2. The van der Waals surface area contributed by atoms with E-state index >= 15 is 0 Å². The summed E-state index contributed by atoms with van der Waals surface area (Å²) in [6, 6.07) is 16.4. The molecular weight excluding hydrogens is 322 g/mol. The molecule has 0 amide bonds. The van der Waals surface area contributed by atoms with Crippen LogP contribution in [0.1, 0.15) is 11.1 Å². The van der Waals surface area contributed by atoms with E-state index in [1.165, 1.54) is 11.1 Å². The minimum atomic E-state index is 0.411.